The van der Waals surface area contributed by atoms with Crippen LogP contribution in [0.3, 0.4) is 0 Å². The first kappa shape index (κ1) is 15.5. The molecule has 2 fully saturated rings. The summed E-state index contributed by atoms with van der Waals surface area (Å²) in [5.41, 5.74) is 1.34. The van der Waals surface area contributed by atoms with Crippen LogP contribution in [0.2, 0.25) is 0 Å². The van der Waals surface area contributed by atoms with Gasteiger partial charge in [0.15, 0.2) is 0 Å². The highest BCUT2D eigenvalue weighted by Crippen LogP contribution is 2.24. The lowest BCUT2D eigenvalue weighted by molar-refractivity contribution is -0.136. The van der Waals surface area contributed by atoms with Gasteiger partial charge in [0.1, 0.15) is 12.2 Å². The van der Waals surface area contributed by atoms with Crippen molar-refractivity contribution in [2.45, 2.75) is 32.4 Å². The number of nitrogens with zero attached hydrogens (tertiary/aromatic N) is 3. The van der Waals surface area contributed by atoms with Gasteiger partial charge in [-0.05, 0) is 25.0 Å². The van der Waals surface area contributed by atoms with Crippen molar-refractivity contribution >= 4 is 17.7 Å². The largest absolute Gasteiger partial charge is 0.352 e. The summed E-state index contributed by atoms with van der Waals surface area (Å²) in [5, 5.41) is 2.85. The summed E-state index contributed by atoms with van der Waals surface area (Å²) in [5.74, 6) is -0.394. The summed E-state index contributed by atoms with van der Waals surface area (Å²) in [7, 11) is 0. The van der Waals surface area contributed by atoms with E-state index in [4.69, 9.17) is 0 Å². The number of carbonyl (C=O) groups excluding carboxylic acids is 3. The molecule has 1 aromatic heterocycles. The molecule has 2 aliphatic heterocycles. The van der Waals surface area contributed by atoms with Gasteiger partial charge in [-0.3, -0.25) is 19.4 Å². The smallest absolute Gasteiger partial charge is 0.272 e. The summed E-state index contributed by atoms with van der Waals surface area (Å²) in [6.45, 7) is 4.45. The zero-order valence-corrected chi connectivity index (χ0v) is 13.3. The van der Waals surface area contributed by atoms with Crippen molar-refractivity contribution in [2.75, 3.05) is 19.6 Å². The van der Waals surface area contributed by atoms with Gasteiger partial charge >= 0.3 is 0 Å². The molecule has 2 atom stereocenters. The molecule has 1 N–H and O–H groups in total. The number of hydrogen-bond acceptors (Lipinski definition) is 4. The molecule has 3 rings (SSSR count). The first-order valence-electron chi connectivity index (χ1n) is 7.72. The zero-order chi connectivity index (χ0) is 16.6. The Kier molecular flexibility index (Phi) is 4.02. The topological polar surface area (TPSA) is 82.6 Å². The summed E-state index contributed by atoms with van der Waals surface area (Å²) in [6, 6.07) is 3.45. The lowest BCUT2D eigenvalue weighted by Crippen LogP contribution is -2.55. The number of amides is 3. The Morgan fingerprint density at radius 3 is 2.74 bits per heavy atom. The van der Waals surface area contributed by atoms with Crippen LogP contribution in [0, 0.1) is 6.92 Å². The Bertz CT molecular complexity index is 643. The Morgan fingerprint density at radius 1 is 1.30 bits per heavy atom. The number of fused-ring (bicyclic) bond motifs is 1. The van der Waals surface area contributed by atoms with Crippen LogP contribution in [-0.2, 0) is 9.59 Å². The maximum absolute atomic E-state index is 12.5. The molecule has 3 heterocycles. The highest BCUT2D eigenvalue weighted by atomic mass is 16.2. The molecule has 0 spiro atoms. The number of carbonyl (C=O) groups is 3. The lowest BCUT2D eigenvalue weighted by atomic mass is 10.1. The van der Waals surface area contributed by atoms with Crippen LogP contribution in [-0.4, -0.2) is 64.2 Å². The minimum atomic E-state index is -0.221. The van der Waals surface area contributed by atoms with Gasteiger partial charge in [-0.2, -0.15) is 0 Å². The fraction of sp³-hybridized carbons (Fsp3) is 0.500. The van der Waals surface area contributed by atoms with Gasteiger partial charge in [0.05, 0.1) is 6.04 Å². The summed E-state index contributed by atoms with van der Waals surface area (Å²) in [6.07, 6.45) is 2.32. The number of aromatic nitrogens is 1. The van der Waals surface area contributed by atoms with Gasteiger partial charge in [0.25, 0.3) is 5.91 Å². The molecule has 0 bridgehead atoms. The maximum Gasteiger partial charge on any atom is 0.272 e. The predicted molar refractivity (Wildman–Crippen MR) is 82.6 cm³/mol. The van der Waals surface area contributed by atoms with Crippen molar-refractivity contribution in [1.29, 1.82) is 0 Å². The average Bonchev–Trinajstić information content (AvgIpc) is 2.89. The number of nitrogens with one attached hydrogen (secondary N) is 1. The first-order chi connectivity index (χ1) is 10.9. The van der Waals surface area contributed by atoms with E-state index in [9.17, 15) is 14.4 Å². The number of hydrogen-bond donors (Lipinski definition) is 1. The molecule has 1 aromatic rings. The molecular formula is C16H20N4O3. The monoisotopic (exact) mass is 316 g/mol. The molecule has 0 radical (unpaired) electrons. The van der Waals surface area contributed by atoms with E-state index >= 15 is 0 Å². The van der Waals surface area contributed by atoms with E-state index in [0.29, 0.717) is 25.2 Å². The molecule has 0 unspecified atom stereocenters. The third-order valence-electron chi connectivity index (χ3n) is 4.32. The summed E-state index contributed by atoms with van der Waals surface area (Å²) >= 11 is 0. The highest BCUT2D eigenvalue weighted by Gasteiger charge is 2.41. The van der Waals surface area contributed by atoms with Gasteiger partial charge in [0, 0.05) is 32.3 Å². The lowest BCUT2D eigenvalue weighted by Gasteiger charge is -2.36. The van der Waals surface area contributed by atoms with Crippen LogP contribution in [0.15, 0.2) is 18.3 Å². The van der Waals surface area contributed by atoms with Gasteiger partial charge in [-0.25, -0.2) is 0 Å². The van der Waals surface area contributed by atoms with Gasteiger partial charge < -0.3 is 15.1 Å². The van der Waals surface area contributed by atoms with Crippen LogP contribution in [0.5, 0.6) is 0 Å². The molecule has 3 amide bonds. The fourth-order valence-corrected chi connectivity index (χ4v) is 3.27. The Hall–Kier alpha value is -2.44. The van der Waals surface area contributed by atoms with E-state index in [1.165, 1.54) is 6.92 Å². The zero-order valence-electron chi connectivity index (χ0n) is 13.3. The van der Waals surface area contributed by atoms with Gasteiger partial charge in [0.2, 0.25) is 11.8 Å². The van der Waals surface area contributed by atoms with Crippen molar-refractivity contribution < 1.29 is 14.4 Å². The molecule has 0 aromatic carbocycles. The summed E-state index contributed by atoms with van der Waals surface area (Å²) < 4.78 is 0. The van der Waals surface area contributed by atoms with Gasteiger partial charge in [-0.15, -0.1) is 0 Å². The molecule has 7 heteroatoms. The van der Waals surface area contributed by atoms with Crippen LogP contribution in [0.4, 0.5) is 0 Å². The van der Waals surface area contributed by atoms with Crippen molar-refractivity contribution in [3.63, 3.8) is 0 Å². The molecule has 0 saturated carbocycles. The van der Waals surface area contributed by atoms with Gasteiger partial charge in [-0.1, -0.05) is 6.07 Å². The quantitative estimate of drug-likeness (QED) is 0.829. The third-order valence-corrected chi connectivity index (χ3v) is 4.32. The second kappa shape index (κ2) is 5.98. The van der Waals surface area contributed by atoms with E-state index in [2.05, 4.69) is 10.3 Å². The minimum Gasteiger partial charge on any atom is -0.352 e. The van der Waals surface area contributed by atoms with Crippen LogP contribution in [0.1, 0.15) is 29.4 Å². The molecule has 23 heavy (non-hydrogen) atoms. The highest BCUT2D eigenvalue weighted by molar-refractivity contribution is 5.95. The third kappa shape index (κ3) is 3.18. The van der Waals surface area contributed by atoms with E-state index < -0.39 is 0 Å². The number of piperazine rings is 1. The Morgan fingerprint density at radius 2 is 2.09 bits per heavy atom. The van der Waals surface area contributed by atoms with E-state index in [0.717, 1.165) is 5.56 Å². The molecular weight excluding hydrogens is 296 g/mol. The number of pyridine rings is 1. The van der Waals surface area contributed by atoms with Crippen molar-refractivity contribution in [3.8, 4) is 0 Å². The fourth-order valence-electron chi connectivity index (χ4n) is 3.27. The second-order valence-corrected chi connectivity index (χ2v) is 6.24. The predicted octanol–water partition coefficient (Wildman–Crippen LogP) is -0.0486. The van der Waals surface area contributed by atoms with E-state index in [-0.39, 0.29) is 36.3 Å². The van der Waals surface area contributed by atoms with Crippen LogP contribution >= 0.6 is 0 Å². The Labute approximate surface area is 134 Å². The van der Waals surface area contributed by atoms with Crippen molar-refractivity contribution in [3.05, 3.63) is 29.6 Å². The Balaban J connectivity index is 1.70. The minimum absolute atomic E-state index is 0.0333. The molecule has 2 aliphatic rings. The molecule has 2 saturated heterocycles. The molecule has 0 aliphatic carbocycles. The molecule has 122 valence electrons. The van der Waals surface area contributed by atoms with E-state index in [1.807, 2.05) is 13.0 Å². The normalized spacial score (nSPS) is 23.7. The summed E-state index contributed by atoms with van der Waals surface area (Å²) in [4.78, 5) is 43.5. The number of aryl methyl sites for hydroxylation is 1. The average molecular weight is 316 g/mol. The number of rotatable bonds is 2. The maximum atomic E-state index is 12.5. The molecule has 7 nitrogen and oxygen atoms in total. The first-order valence-corrected chi connectivity index (χ1v) is 7.72. The van der Waals surface area contributed by atoms with Crippen LogP contribution < -0.4 is 5.32 Å². The second-order valence-electron chi connectivity index (χ2n) is 6.24. The van der Waals surface area contributed by atoms with Crippen LogP contribution in [0.25, 0.3) is 0 Å². The van der Waals surface area contributed by atoms with Crippen molar-refractivity contribution in [2.24, 2.45) is 0 Å². The SMILES string of the molecule is CC(=O)N[C@H]1C[C@H]2CN(C(=O)c3ccc(C)cn3)CC(=O)N2C1. The van der Waals surface area contributed by atoms with Crippen molar-refractivity contribution in [1.82, 2.24) is 20.1 Å². The standard InChI is InChI=1S/C16H20N4O3/c1-10-3-4-14(17-6-10)16(23)19-8-13-5-12(18-11(2)21)7-20(13)15(22)9-19/h3-4,6,12-13H,5,7-9H2,1-2H3,(H,18,21)/t12-,13-/m0/s1. The van der Waals surface area contributed by atoms with E-state index in [1.54, 1.807) is 22.1 Å².